The first-order valence-corrected chi connectivity index (χ1v) is 10.7. The number of amides is 1. The second kappa shape index (κ2) is 9.43. The van der Waals surface area contributed by atoms with E-state index in [1.165, 1.54) is 12.3 Å². The van der Waals surface area contributed by atoms with Gasteiger partial charge in [-0.25, -0.2) is 8.78 Å². The van der Waals surface area contributed by atoms with Crippen LogP contribution < -0.4 is 9.64 Å². The maximum Gasteiger partial charge on any atom is 0.300 e. The van der Waals surface area contributed by atoms with Gasteiger partial charge in [-0.3, -0.25) is 19.5 Å². The molecule has 4 rings (SSSR count). The highest BCUT2D eigenvalue weighted by molar-refractivity contribution is 6.51. The Morgan fingerprint density at radius 3 is 2.41 bits per heavy atom. The Balaban J connectivity index is 1.81. The summed E-state index contributed by atoms with van der Waals surface area (Å²) in [6.07, 6.45) is 1.47. The van der Waals surface area contributed by atoms with E-state index >= 15 is 0 Å². The van der Waals surface area contributed by atoms with Gasteiger partial charge in [0.15, 0.2) is 11.6 Å². The number of carbonyl (C=O) groups is 2. The van der Waals surface area contributed by atoms with E-state index < -0.39 is 35.1 Å². The SMILES string of the molecule is CC(C)COc1ccc(/C(O)=C2\C(=O)C(=O)N(c3ccc(F)c(F)c3)C2c2ccccn2)cc1. The number of Topliss-reactive ketones (excluding diaryl/α,β-unsaturated/α-hetero) is 1. The average Bonchev–Trinajstić information content (AvgIpc) is 3.10. The largest absolute Gasteiger partial charge is 0.507 e. The van der Waals surface area contributed by atoms with Gasteiger partial charge in [-0.15, -0.1) is 0 Å². The summed E-state index contributed by atoms with van der Waals surface area (Å²) in [6.45, 7) is 4.55. The maximum atomic E-state index is 14.0. The van der Waals surface area contributed by atoms with Gasteiger partial charge in [-0.1, -0.05) is 19.9 Å². The Morgan fingerprint density at radius 2 is 1.79 bits per heavy atom. The third kappa shape index (κ3) is 4.39. The summed E-state index contributed by atoms with van der Waals surface area (Å²) in [7, 11) is 0. The van der Waals surface area contributed by atoms with Gasteiger partial charge < -0.3 is 9.84 Å². The van der Waals surface area contributed by atoms with E-state index in [-0.39, 0.29) is 17.0 Å². The monoisotopic (exact) mass is 464 g/mol. The van der Waals surface area contributed by atoms with Gasteiger partial charge in [0, 0.05) is 23.5 Å². The number of rotatable bonds is 6. The molecule has 0 radical (unpaired) electrons. The summed E-state index contributed by atoms with van der Waals surface area (Å²) < 4.78 is 33.1. The molecule has 0 aliphatic carbocycles. The molecular weight excluding hydrogens is 442 g/mol. The second-order valence-electron chi connectivity index (χ2n) is 8.25. The summed E-state index contributed by atoms with van der Waals surface area (Å²) in [5.41, 5.74) is 0.336. The summed E-state index contributed by atoms with van der Waals surface area (Å²) in [6, 6.07) is 13.1. The number of nitrogens with zero attached hydrogens (tertiary/aromatic N) is 2. The highest BCUT2D eigenvalue weighted by atomic mass is 19.2. The molecule has 1 aromatic heterocycles. The molecule has 1 atom stereocenters. The van der Waals surface area contributed by atoms with Crippen molar-refractivity contribution in [2.45, 2.75) is 19.9 Å². The minimum atomic E-state index is -1.17. The van der Waals surface area contributed by atoms with Crippen molar-refractivity contribution < 1.29 is 28.2 Å². The number of aliphatic hydroxyl groups is 1. The molecule has 1 aliphatic heterocycles. The number of halogens is 2. The molecule has 1 fully saturated rings. The van der Waals surface area contributed by atoms with Crippen molar-refractivity contribution in [2.24, 2.45) is 5.92 Å². The van der Waals surface area contributed by atoms with Gasteiger partial charge in [0.05, 0.1) is 17.9 Å². The number of benzene rings is 2. The van der Waals surface area contributed by atoms with E-state index in [0.717, 1.165) is 17.0 Å². The quantitative estimate of drug-likeness (QED) is 0.315. The van der Waals surface area contributed by atoms with E-state index in [1.807, 2.05) is 13.8 Å². The van der Waals surface area contributed by atoms with Crippen LogP contribution in [0.15, 0.2) is 72.4 Å². The molecule has 2 aromatic carbocycles. The van der Waals surface area contributed by atoms with E-state index in [4.69, 9.17) is 4.74 Å². The number of anilines is 1. The molecule has 1 saturated heterocycles. The van der Waals surface area contributed by atoms with Crippen LogP contribution in [0.1, 0.15) is 31.1 Å². The molecule has 3 aromatic rings. The minimum absolute atomic E-state index is 0.0341. The fraction of sp³-hybridized carbons (Fsp3) is 0.192. The van der Waals surface area contributed by atoms with Gasteiger partial charge in [-0.2, -0.15) is 0 Å². The van der Waals surface area contributed by atoms with Gasteiger partial charge in [0.2, 0.25) is 0 Å². The molecule has 1 N–H and O–H groups in total. The van der Waals surface area contributed by atoms with Crippen LogP contribution in [0.2, 0.25) is 0 Å². The Hall–Kier alpha value is -4.07. The lowest BCUT2D eigenvalue weighted by Crippen LogP contribution is -2.30. The summed E-state index contributed by atoms with van der Waals surface area (Å²) >= 11 is 0. The summed E-state index contributed by atoms with van der Waals surface area (Å²) in [5.74, 6) is -3.69. The van der Waals surface area contributed by atoms with Crippen LogP contribution in [0, 0.1) is 17.6 Å². The standard InChI is InChI=1S/C26H22F2N2O4/c1-15(2)14-34-18-9-6-16(7-10-18)24(31)22-23(21-5-3-4-12-29-21)30(26(33)25(22)32)17-8-11-19(27)20(28)13-17/h3-13,15,23,31H,14H2,1-2H3/b24-22+. The van der Waals surface area contributed by atoms with Crippen LogP contribution in [0.25, 0.3) is 5.76 Å². The lowest BCUT2D eigenvalue weighted by molar-refractivity contribution is -0.132. The second-order valence-corrected chi connectivity index (χ2v) is 8.25. The molecule has 0 saturated carbocycles. The fourth-order valence-corrected chi connectivity index (χ4v) is 3.68. The van der Waals surface area contributed by atoms with Crippen LogP contribution >= 0.6 is 0 Å². The molecule has 2 heterocycles. The van der Waals surface area contributed by atoms with E-state index in [0.29, 0.717) is 23.8 Å². The first kappa shape index (κ1) is 23.1. The zero-order chi connectivity index (χ0) is 24.4. The van der Waals surface area contributed by atoms with E-state index in [1.54, 1.807) is 42.5 Å². The lowest BCUT2D eigenvalue weighted by atomic mass is 9.98. The van der Waals surface area contributed by atoms with Crippen molar-refractivity contribution in [1.29, 1.82) is 0 Å². The first-order valence-electron chi connectivity index (χ1n) is 10.7. The molecule has 1 aliphatic rings. The number of carbonyl (C=O) groups excluding carboxylic acids is 2. The topological polar surface area (TPSA) is 79.7 Å². The molecule has 34 heavy (non-hydrogen) atoms. The number of aliphatic hydroxyl groups excluding tert-OH is 1. The maximum absolute atomic E-state index is 14.0. The highest BCUT2D eigenvalue weighted by Gasteiger charge is 2.47. The molecule has 0 spiro atoms. The number of aromatic nitrogens is 1. The van der Waals surface area contributed by atoms with Crippen molar-refractivity contribution in [2.75, 3.05) is 11.5 Å². The third-order valence-electron chi connectivity index (χ3n) is 5.30. The summed E-state index contributed by atoms with van der Waals surface area (Å²) in [5, 5.41) is 11.1. The van der Waals surface area contributed by atoms with Crippen LogP contribution in [0.5, 0.6) is 5.75 Å². The van der Waals surface area contributed by atoms with Crippen LogP contribution in [-0.2, 0) is 9.59 Å². The smallest absolute Gasteiger partial charge is 0.300 e. The van der Waals surface area contributed by atoms with Crippen molar-refractivity contribution in [3.63, 3.8) is 0 Å². The molecule has 174 valence electrons. The van der Waals surface area contributed by atoms with E-state index in [9.17, 15) is 23.5 Å². The third-order valence-corrected chi connectivity index (χ3v) is 5.30. The van der Waals surface area contributed by atoms with Crippen LogP contribution in [0.4, 0.5) is 14.5 Å². The Bertz CT molecular complexity index is 1260. The lowest BCUT2D eigenvalue weighted by Gasteiger charge is -2.24. The summed E-state index contributed by atoms with van der Waals surface area (Å²) in [4.78, 5) is 31.3. The predicted molar refractivity (Wildman–Crippen MR) is 122 cm³/mol. The van der Waals surface area contributed by atoms with Crippen molar-refractivity contribution in [3.05, 3.63) is 95.3 Å². The Morgan fingerprint density at radius 1 is 1.06 bits per heavy atom. The molecule has 1 amide bonds. The normalized spacial score (nSPS) is 17.4. The number of pyridine rings is 1. The molecule has 8 heteroatoms. The van der Waals surface area contributed by atoms with Crippen molar-refractivity contribution in [1.82, 2.24) is 4.98 Å². The van der Waals surface area contributed by atoms with Gasteiger partial charge >= 0.3 is 0 Å². The number of hydrogen-bond donors (Lipinski definition) is 1. The highest BCUT2D eigenvalue weighted by Crippen LogP contribution is 2.41. The van der Waals surface area contributed by atoms with Crippen molar-refractivity contribution >= 4 is 23.1 Å². The molecule has 1 unspecified atom stereocenters. The Labute approximate surface area is 195 Å². The fourth-order valence-electron chi connectivity index (χ4n) is 3.68. The van der Waals surface area contributed by atoms with Gasteiger partial charge in [-0.05, 0) is 54.4 Å². The molecular formula is C26H22F2N2O4. The van der Waals surface area contributed by atoms with Crippen LogP contribution in [0.3, 0.4) is 0 Å². The first-order chi connectivity index (χ1) is 16.3. The van der Waals surface area contributed by atoms with Crippen LogP contribution in [-0.4, -0.2) is 28.4 Å². The van der Waals surface area contributed by atoms with E-state index in [2.05, 4.69) is 4.98 Å². The number of hydrogen-bond acceptors (Lipinski definition) is 5. The average molecular weight is 464 g/mol. The van der Waals surface area contributed by atoms with Gasteiger partial charge in [0.1, 0.15) is 17.6 Å². The van der Waals surface area contributed by atoms with Crippen molar-refractivity contribution in [3.8, 4) is 5.75 Å². The predicted octanol–water partition coefficient (Wildman–Crippen LogP) is 5.02. The molecule has 0 bridgehead atoms. The molecule has 6 nitrogen and oxygen atoms in total. The van der Waals surface area contributed by atoms with Gasteiger partial charge in [0.25, 0.3) is 11.7 Å². The minimum Gasteiger partial charge on any atom is -0.507 e. The zero-order valence-electron chi connectivity index (χ0n) is 18.5. The zero-order valence-corrected chi connectivity index (χ0v) is 18.5. The Kier molecular flexibility index (Phi) is 6.40. The number of ether oxygens (including phenoxy) is 1. The number of ketones is 1.